The third-order valence-electron chi connectivity index (χ3n) is 3.81. The summed E-state index contributed by atoms with van der Waals surface area (Å²) in [7, 11) is 0. The fourth-order valence-electron chi connectivity index (χ4n) is 2.73. The van der Waals surface area contributed by atoms with Gasteiger partial charge in [0.1, 0.15) is 0 Å². The van der Waals surface area contributed by atoms with Crippen molar-refractivity contribution in [2.45, 2.75) is 32.4 Å². The Hall–Kier alpha value is -1.37. The molecule has 0 radical (unpaired) electrons. The van der Waals surface area contributed by atoms with E-state index in [-0.39, 0.29) is 0 Å². The Morgan fingerprint density at radius 1 is 1.50 bits per heavy atom. The van der Waals surface area contributed by atoms with Gasteiger partial charge in [-0.2, -0.15) is 5.26 Å². The molecule has 1 aromatic rings. The van der Waals surface area contributed by atoms with Gasteiger partial charge in [0.2, 0.25) is 0 Å². The van der Waals surface area contributed by atoms with Gasteiger partial charge >= 0.3 is 0 Å². The van der Waals surface area contributed by atoms with Crippen LogP contribution in [0, 0.1) is 17.2 Å². The number of hydrogen-bond acceptors (Lipinski definition) is 3. The van der Waals surface area contributed by atoms with E-state index in [0.717, 1.165) is 31.1 Å². The second-order valence-corrected chi connectivity index (χ2v) is 5.30. The zero-order valence-electron chi connectivity index (χ0n) is 11.0. The second kappa shape index (κ2) is 5.99. The molecule has 1 heterocycles. The molecule has 3 heteroatoms. The molecule has 0 aromatic heterocycles. The summed E-state index contributed by atoms with van der Waals surface area (Å²) in [6.07, 6.45) is 2.43. The van der Waals surface area contributed by atoms with Gasteiger partial charge in [0, 0.05) is 19.1 Å². The SMILES string of the molecule is CC1CCN(Cc2cccc(C#N)c2)C(CN)C1. The maximum atomic E-state index is 8.92. The van der Waals surface area contributed by atoms with Crippen LogP contribution in [-0.4, -0.2) is 24.0 Å². The van der Waals surface area contributed by atoms with Crippen LogP contribution >= 0.6 is 0 Å². The summed E-state index contributed by atoms with van der Waals surface area (Å²) in [6.45, 7) is 5.04. The number of hydrogen-bond donors (Lipinski definition) is 1. The first-order chi connectivity index (χ1) is 8.72. The number of nitrogens with zero attached hydrogens (tertiary/aromatic N) is 2. The van der Waals surface area contributed by atoms with Crippen LogP contribution in [-0.2, 0) is 6.54 Å². The molecule has 2 rings (SSSR count). The van der Waals surface area contributed by atoms with E-state index in [1.165, 1.54) is 18.4 Å². The molecule has 2 atom stereocenters. The van der Waals surface area contributed by atoms with Gasteiger partial charge in [-0.05, 0) is 43.0 Å². The van der Waals surface area contributed by atoms with E-state index >= 15 is 0 Å². The van der Waals surface area contributed by atoms with Crippen molar-refractivity contribution < 1.29 is 0 Å². The first-order valence-corrected chi connectivity index (χ1v) is 6.66. The van der Waals surface area contributed by atoms with E-state index in [9.17, 15) is 0 Å². The van der Waals surface area contributed by atoms with Crippen LogP contribution in [0.4, 0.5) is 0 Å². The zero-order chi connectivity index (χ0) is 13.0. The minimum absolute atomic E-state index is 0.486. The van der Waals surface area contributed by atoms with Gasteiger partial charge in [-0.1, -0.05) is 19.1 Å². The van der Waals surface area contributed by atoms with Gasteiger partial charge in [-0.15, -0.1) is 0 Å². The summed E-state index contributed by atoms with van der Waals surface area (Å²) in [4.78, 5) is 2.45. The largest absolute Gasteiger partial charge is 0.329 e. The van der Waals surface area contributed by atoms with Gasteiger partial charge in [0.15, 0.2) is 0 Å². The quantitative estimate of drug-likeness (QED) is 0.884. The molecule has 96 valence electrons. The van der Waals surface area contributed by atoms with Gasteiger partial charge < -0.3 is 5.73 Å². The Labute approximate surface area is 109 Å². The summed E-state index contributed by atoms with van der Waals surface area (Å²) in [5, 5.41) is 8.92. The molecule has 1 saturated heterocycles. The Morgan fingerprint density at radius 3 is 3.06 bits per heavy atom. The standard InChI is InChI=1S/C15H21N3/c1-12-5-6-18(15(7-12)10-17)11-14-4-2-3-13(8-14)9-16/h2-4,8,12,15H,5-7,10-11,17H2,1H3. The first-order valence-electron chi connectivity index (χ1n) is 6.66. The molecule has 1 aliphatic heterocycles. The van der Waals surface area contributed by atoms with Crippen molar-refractivity contribution in [1.29, 1.82) is 5.26 Å². The van der Waals surface area contributed by atoms with E-state index in [4.69, 9.17) is 11.0 Å². The van der Waals surface area contributed by atoms with Crippen LogP contribution in [0.1, 0.15) is 30.9 Å². The summed E-state index contributed by atoms with van der Waals surface area (Å²) in [5.41, 5.74) is 7.82. The van der Waals surface area contributed by atoms with E-state index in [1.54, 1.807) is 0 Å². The van der Waals surface area contributed by atoms with E-state index in [1.807, 2.05) is 18.2 Å². The van der Waals surface area contributed by atoms with Crippen molar-refractivity contribution in [2.24, 2.45) is 11.7 Å². The maximum Gasteiger partial charge on any atom is 0.0991 e. The lowest BCUT2D eigenvalue weighted by atomic mass is 9.92. The van der Waals surface area contributed by atoms with Crippen molar-refractivity contribution in [3.8, 4) is 6.07 Å². The molecule has 0 saturated carbocycles. The van der Waals surface area contributed by atoms with Gasteiger partial charge in [0.25, 0.3) is 0 Å². The molecule has 1 fully saturated rings. The molecule has 1 aliphatic rings. The number of piperidine rings is 1. The highest BCUT2D eigenvalue weighted by molar-refractivity contribution is 5.32. The summed E-state index contributed by atoms with van der Waals surface area (Å²) >= 11 is 0. The van der Waals surface area contributed by atoms with Crippen LogP contribution in [0.3, 0.4) is 0 Å². The smallest absolute Gasteiger partial charge is 0.0991 e. The molecule has 18 heavy (non-hydrogen) atoms. The number of likely N-dealkylation sites (tertiary alicyclic amines) is 1. The Balaban J connectivity index is 2.05. The fraction of sp³-hybridized carbons (Fsp3) is 0.533. The topological polar surface area (TPSA) is 53.0 Å². The van der Waals surface area contributed by atoms with E-state index in [0.29, 0.717) is 6.04 Å². The first kappa shape index (κ1) is 13.1. The third kappa shape index (κ3) is 3.10. The molecular weight excluding hydrogens is 222 g/mol. The lowest BCUT2D eigenvalue weighted by Gasteiger charge is -2.38. The Kier molecular flexibility index (Phi) is 4.35. The molecular formula is C15H21N3. The van der Waals surface area contributed by atoms with Crippen molar-refractivity contribution in [1.82, 2.24) is 4.90 Å². The van der Waals surface area contributed by atoms with Gasteiger partial charge in [-0.3, -0.25) is 4.90 Å². The van der Waals surface area contributed by atoms with Crippen molar-refractivity contribution in [3.63, 3.8) is 0 Å². The number of benzene rings is 1. The van der Waals surface area contributed by atoms with Crippen LogP contribution in [0.5, 0.6) is 0 Å². The summed E-state index contributed by atoms with van der Waals surface area (Å²) in [5.74, 6) is 0.778. The predicted molar refractivity (Wildman–Crippen MR) is 72.8 cm³/mol. The number of nitriles is 1. The second-order valence-electron chi connectivity index (χ2n) is 5.30. The Morgan fingerprint density at radius 2 is 2.33 bits per heavy atom. The molecule has 2 N–H and O–H groups in total. The monoisotopic (exact) mass is 243 g/mol. The molecule has 1 aromatic carbocycles. The normalized spacial score (nSPS) is 24.7. The molecule has 2 unspecified atom stereocenters. The minimum Gasteiger partial charge on any atom is -0.329 e. The Bertz CT molecular complexity index is 436. The molecule has 0 aliphatic carbocycles. The fourth-order valence-corrected chi connectivity index (χ4v) is 2.73. The van der Waals surface area contributed by atoms with E-state index in [2.05, 4.69) is 24.0 Å². The van der Waals surface area contributed by atoms with Crippen LogP contribution in [0.25, 0.3) is 0 Å². The zero-order valence-corrected chi connectivity index (χ0v) is 11.0. The van der Waals surface area contributed by atoms with Crippen molar-refractivity contribution >= 4 is 0 Å². The lowest BCUT2D eigenvalue weighted by molar-refractivity contribution is 0.115. The highest BCUT2D eigenvalue weighted by atomic mass is 15.2. The summed E-state index contributed by atoms with van der Waals surface area (Å²) < 4.78 is 0. The predicted octanol–water partition coefficient (Wildman–Crippen LogP) is 2.12. The number of rotatable bonds is 3. The maximum absolute atomic E-state index is 8.92. The van der Waals surface area contributed by atoms with Gasteiger partial charge in [0.05, 0.1) is 11.6 Å². The van der Waals surface area contributed by atoms with Crippen LogP contribution in [0.2, 0.25) is 0 Å². The molecule has 0 amide bonds. The van der Waals surface area contributed by atoms with Crippen molar-refractivity contribution in [3.05, 3.63) is 35.4 Å². The third-order valence-corrected chi connectivity index (χ3v) is 3.81. The van der Waals surface area contributed by atoms with Gasteiger partial charge in [-0.25, -0.2) is 0 Å². The minimum atomic E-state index is 0.486. The van der Waals surface area contributed by atoms with Crippen LogP contribution in [0.15, 0.2) is 24.3 Å². The average molecular weight is 243 g/mol. The summed E-state index contributed by atoms with van der Waals surface area (Å²) in [6, 6.07) is 10.6. The van der Waals surface area contributed by atoms with E-state index < -0.39 is 0 Å². The lowest BCUT2D eigenvalue weighted by Crippen LogP contribution is -2.45. The highest BCUT2D eigenvalue weighted by Gasteiger charge is 2.25. The molecule has 0 spiro atoms. The number of nitrogens with two attached hydrogens (primary N) is 1. The average Bonchev–Trinajstić information content (AvgIpc) is 2.41. The van der Waals surface area contributed by atoms with Crippen molar-refractivity contribution in [2.75, 3.05) is 13.1 Å². The highest BCUT2D eigenvalue weighted by Crippen LogP contribution is 2.23. The molecule has 3 nitrogen and oxygen atoms in total. The van der Waals surface area contributed by atoms with Crippen LogP contribution < -0.4 is 5.73 Å². The molecule has 0 bridgehead atoms.